The van der Waals surface area contributed by atoms with Crippen molar-refractivity contribution in [2.24, 2.45) is 0 Å². The molecule has 0 radical (unpaired) electrons. The molecule has 0 unspecified atom stereocenters. The molecule has 2 rings (SSSR count). The molecule has 2 aromatic heterocycles. The molecule has 1 amide bonds. The zero-order chi connectivity index (χ0) is 14.5. The molecule has 0 saturated heterocycles. The molecule has 0 spiro atoms. The Labute approximate surface area is 119 Å². The third-order valence-electron chi connectivity index (χ3n) is 2.53. The van der Waals surface area contributed by atoms with Crippen LogP contribution in [0.25, 0.3) is 6.08 Å². The Kier molecular flexibility index (Phi) is 4.27. The van der Waals surface area contributed by atoms with Gasteiger partial charge in [-0.25, -0.2) is 4.79 Å². The van der Waals surface area contributed by atoms with Gasteiger partial charge in [-0.1, -0.05) is 0 Å². The lowest BCUT2D eigenvalue weighted by Gasteiger charge is -2.05. The molecular weight excluding hydrogens is 276 g/mol. The second-order valence-corrected chi connectivity index (χ2v) is 5.13. The average Bonchev–Trinajstić information content (AvgIpc) is 2.88. The van der Waals surface area contributed by atoms with Crippen LogP contribution in [0.5, 0.6) is 0 Å². The van der Waals surface area contributed by atoms with Crippen molar-refractivity contribution in [1.82, 2.24) is 4.98 Å². The summed E-state index contributed by atoms with van der Waals surface area (Å²) in [6.45, 7) is 1.88. The van der Waals surface area contributed by atoms with E-state index >= 15 is 0 Å². The van der Waals surface area contributed by atoms with Gasteiger partial charge in [-0.3, -0.25) is 9.78 Å². The predicted octanol–water partition coefficient (Wildman–Crippen LogP) is 2.80. The van der Waals surface area contributed by atoms with Gasteiger partial charge in [-0.2, -0.15) is 0 Å². The molecule has 0 aliphatic heterocycles. The fraction of sp³-hybridized carbons (Fsp3) is 0.0714. The van der Waals surface area contributed by atoms with Crippen molar-refractivity contribution in [2.75, 3.05) is 5.32 Å². The minimum atomic E-state index is -1.02. The van der Waals surface area contributed by atoms with Crippen LogP contribution in [0, 0.1) is 6.92 Å². The third kappa shape index (κ3) is 3.52. The van der Waals surface area contributed by atoms with Crippen LogP contribution in [0.2, 0.25) is 0 Å². The lowest BCUT2D eigenvalue weighted by molar-refractivity contribution is -0.131. The number of rotatable bonds is 4. The summed E-state index contributed by atoms with van der Waals surface area (Å²) in [6.07, 6.45) is 5.74. The molecule has 6 heteroatoms. The van der Waals surface area contributed by atoms with Gasteiger partial charge >= 0.3 is 5.97 Å². The summed E-state index contributed by atoms with van der Waals surface area (Å²) < 4.78 is 0. The predicted molar refractivity (Wildman–Crippen MR) is 77.9 cm³/mol. The number of carboxylic acids is 1. The number of carboxylic acid groups (broad SMARTS) is 1. The highest BCUT2D eigenvalue weighted by atomic mass is 32.1. The van der Waals surface area contributed by atoms with E-state index < -0.39 is 5.97 Å². The molecule has 20 heavy (non-hydrogen) atoms. The Balaban J connectivity index is 2.10. The van der Waals surface area contributed by atoms with E-state index in [1.165, 1.54) is 17.4 Å². The van der Waals surface area contributed by atoms with E-state index in [9.17, 15) is 9.59 Å². The molecule has 0 bridgehead atoms. The number of hydrogen-bond acceptors (Lipinski definition) is 4. The Morgan fingerprint density at radius 1 is 1.35 bits per heavy atom. The number of aliphatic carboxylic acids is 1. The van der Waals surface area contributed by atoms with Gasteiger partial charge in [-0.15, -0.1) is 11.3 Å². The van der Waals surface area contributed by atoms with Crippen molar-refractivity contribution >= 4 is 35.0 Å². The maximum Gasteiger partial charge on any atom is 0.328 e. The number of carbonyl (C=O) groups excluding carboxylic acids is 1. The van der Waals surface area contributed by atoms with Gasteiger partial charge in [-0.05, 0) is 36.8 Å². The van der Waals surface area contributed by atoms with Gasteiger partial charge in [0.15, 0.2) is 0 Å². The standard InChI is InChI=1S/C14H12N2O3S/c1-9-6-7-15-8-11(9)16-14(19)12-4-2-10(20-12)3-5-13(17)18/h2-8H,1H3,(H,16,19)(H,17,18). The van der Waals surface area contributed by atoms with Gasteiger partial charge in [0.05, 0.1) is 16.8 Å². The van der Waals surface area contributed by atoms with Crippen LogP contribution in [0.1, 0.15) is 20.1 Å². The zero-order valence-corrected chi connectivity index (χ0v) is 11.5. The summed E-state index contributed by atoms with van der Waals surface area (Å²) >= 11 is 1.23. The fourth-order valence-electron chi connectivity index (χ4n) is 1.50. The lowest BCUT2D eigenvalue weighted by Crippen LogP contribution is -2.11. The summed E-state index contributed by atoms with van der Waals surface area (Å²) in [4.78, 5) is 27.7. The van der Waals surface area contributed by atoms with Crippen molar-refractivity contribution < 1.29 is 14.7 Å². The van der Waals surface area contributed by atoms with Crippen LogP contribution in [0.3, 0.4) is 0 Å². The van der Waals surface area contributed by atoms with E-state index in [0.717, 1.165) is 11.6 Å². The monoisotopic (exact) mass is 288 g/mol. The Morgan fingerprint density at radius 2 is 2.15 bits per heavy atom. The number of aryl methyl sites for hydroxylation is 1. The van der Waals surface area contributed by atoms with E-state index in [1.54, 1.807) is 24.5 Å². The Hall–Kier alpha value is -2.47. The first-order valence-electron chi connectivity index (χ1n) is 5.79. The van der Waals surface area contributed by atoms with Gasteiger partial charge in [0.2, 0.25) is 0 Å². The summed E-state index contributed by atoms with van der Waals surface area (Å²) in [6, 6.07) is 5.17. The molecule has 0 aliphatic rings. The first-order valence-corrected chi connectivity index (χ1v) is 6.61. The highest BCUT2D eigenvalue weighted by molar-refractivity contribution is 7.15. The number of carbonyl (C=O) groups is 2. The molecule has 102 valence electrons. The summed E-state index contributed by atoms with van der Waals surface area (Å²) in [7, 11) is 0. The van der Waals surface area contributed by atoms with Crippen molar-refractivity contribution in [3.63, 3.8) is 0 Å². The molecule has 0 atom stereocenters. The highest BCUT2D eigenvalue weighted by Gasteiger charge is 2.10. The van der Waals surface area contributed by atoms with Gasteiger partial charge < -0.3 is 10.4 Å². The molecule has 2 aromatic rings. The smallest absolute Gasteiger partial charge is 0.328 e. The first kappa shape index (κ1) is 14.0. The van der Waals surface area contributed by atoms with E-state index in [4.69, 9.17) is 5.11 Å². The van der Waals surface area contributed by atoms with Crippen LogP contribution >= 0.6 is 11.3 Å². The molecule has 0 saturated carbocycles. The van der Waals surface area contributed by atoms with Crippen LogP contribution in [0.4, 0.5) is 5.69 Å². The van der Waals surface area contributed by atoms with Crippen LogP contribution in [-0.2, 0) is 4.79 Å². The van der Waals surface area contributed by atoms with Crippen molar-refractivity contribution in [1.29, 1.82) is 0 Å². The molecule has 0 aromatic carbocycles. The average molecular weight is 288 g/mol. The van der Waals surface area contributed by atoms with Crippen LogP contribution in [-0.4, -0.2) is 22.0 Å². The van der Waals surface area contributed by atoms with Gasteiger partial charge in [0.1, 0.15) is 0 Å². The third-order valence-corrected chi connectivity index (χ3v) is 3.58. The number of pyridine rings is 1. The highest BCUT2D eigenvalue weighted by Crippen LogP contribution is 2.20. The van der Waals surface area contributed by atoms with Crippen LogP contribution in [0.15, 0.2) is 36.7 Å². The second-order valence-electron chi connectivity index (χ2n) is 4.02. The maximum atomic E-state index is 12.0. The minimum absolute atomic E-state index is 0.235. The quantitative estimate of drug-likeness (QED) is 0.848. The fourth-order valence-corrected chi connectivity index (χ4v) is 2.30. The van der Waals surface area contributed by atoms with Crippen molar-refractivity contribution in [2.45, 2.75) is 6.92 Å². The molecule has 0 aliphatic carbocycles. The van der Waals surface area contributed by atoms with E-state index in [0.29, 0.717) is 15.4 Å². The maximum absolute atomic E-state index is 12.0. The van der Waals surface area contributed by atoms with Crippen LogP contribution < -0.4 is 5.32 Å². The molecule has 5 nitrogen and oxygen atoms in total. The zero-order valence-electron chi connectivity index (χ0n) is 10.7. The minimum Gasteiger partial charge on any atom is -0.478 e. The second kappa shape index (κ2) is 6.12. The SMILES string of the molecule is Cc1ccncc1NC(=O)c1ccc(C=CC(=O)O)s1. The number of nitrogens with zero attached hydrogens (tertiary/aromatic N) is 1. The Bertz CT molecular complexity index is 677. The number of hydrogen-bond donors (Lipinski definition) is 2. The normalized spacial score (nSPS) is 10.7. The first-order chi connectivity index (χ1) is 9.56. The largest absolute Gasteiger partial charge is 0.478 e. The number of aromatic nitrogens is 1. The lowest BCUT2D eigenvalue weighted by atomic mass is 10.2. The van der Waals surface area contributed by atoms with Gasteiger partial charge in [0, 0.05) is 17.2 Å². The van der Waals surface area contributed by atoms with Crippen molar-refractivity contribution in [3.05, 3.63) is 52.0 Å². The summed E-state index contributed by atoms with van der Waals surface area (Å²) in [5, 5.41) is 11.3. The Morgan fingerprint density at radius 3 is 2.85 bits per heavy atom. The van der Waals surface area contributed by atoms with Gasteiger partial charge in [0.25, 0.3) is 5.91 Å². The summed E-state index contributed by atoms with van der Waals surface area (Å²) in [5.41, 5.74) is 1.59. The number of anilines is 1. The molecule has 0 fully saturated rings. The topological polar surface area (TPSA) is 79.3 Å². The molecular formula is C14H12N2O3S. The number of nitrogens with one attached hydrogen (secondary N) is 1. The van der Waals surface area contributed by atoms with E-state index in [1.807, 2.05) is 13.0 Å². The number of thiophene rings is 1. The molecule has 2 heterocycles. The van der Waals surface area contributed by atoms with Crippen molar-refractivity contribution in [3.8, 4) is 0 Å². The van der Waals surface area contributed by atoms with E-state index in [-0.39, 0.29) is 5.91 Å². The number of amides is 1. The molecule has 2 N–H and O–H groups in total. The summed E-state index contributed by atoms with van der Waals surface area (Å²) in [5.74, 6) is -1.25. The van der Waals surface area contributed by atoms with E-state index in [2.05, 4.69) is 10.3 Å².